The maximum absolute atomic E-state index is 13.4. The molecule has 0 amide bonds. The molecule has 0 aliphatic carbocycles. The number of nitrogens with zero attached hydrogens (tertiary/aromatic N) is 3. The van der Waals surface area contributed by atoms with Crippen LogP contribution in [0.15, 0.2) is 86.9 Å². The van der Waals surface area contributed by atoms with Gasteiger partial charge in [0.05, 0.1) is 33.0 Å². The monoisotopic (exact) mass is 505 g/mol. The van der Waals surface area contributed by atoms with Crippen molar-refractivity contribution in [3.05, 3.63) is 110 Å². The van der Waals surface area contributed by atoms with Gasteiger partial charge in [0.2, 0.25) is 0 Å². The van der Waals surface area contributed by atoms with E-state index in [4.69, 9.17) is 9.47 Å². The number of aliphatic imine (C=N–C) groups is 1. The van der Waals surface area contributed by atoms with E-state index in [0.29, 0.717) is 12.2 Å². The van der Waals surface area contributed by atoms with Crippen LogP contribution >= 0.6 is 0 Å². The van der Waals surface area contributed by atoms with Crippen molar-refractivity contribution in [3.8, 4) is 11.5 Å². The SMILES string of the molecule is C/C=C(C)/C=C\c1cc(=O)n(Cc2ccc(OC)cc2)c(=O)n1Cc1ccc(OC)cc1.C=NC.CC. The number of aromatic nitrogens is 2. The maximum atomic E-state index is 13.4. The molecule has 198 valence electrons. The fraction of sp³-hybridized carbons (Fsp3) is 0.300. The molecule has 0 atom stereocenters. The summed E-state index contributed by atoms with van der Waals surface area (Å²) in [4.78, 5) is 29.5. The Labute approximate surface area is 220 Å². The second-order valence-electron chi connectivity index (χ2n) is 7.74. The molecule has 0 saturated heterocycles. The molecule has 0 saturated carbocycles. The zero-order valence-electron chi connectivity index (χ0n) is 23.0. The molecule has 37 heavy (non-hydrogen) atoms. The lowest BCUT2D eigenvalue weighted by Crippen LogP contribution is -2.41. The van der Waals surface area contributed by atoms with E-state index >= 15 is 0 Å². The van der Waals surface area contributed by atoms with Gasteiger partial charge in [0.1, 0.15) is 11.5 Å². The molecule has 0 spiro atoms. The number of rotatable bonds is 8. The molecule has 1 aromatic heterocycles. The van der Waals surface area contributed by atoms with Crippen LogP contribution in [0.2, 0.25) is 0 Å². The van der Waals surface area contributed by atoms with Crippen molar-refractivity contribution >= 4 is 12.8 Å². The third kappa shape index (κ3) is 9.44. The Bertz CT molecular complexity index is 1280. The number of ether oxygens (including phenoxy) is 2. The van der Waals surface area contributed by atoms with Crippen LogP contribution < -0.4 is 20.7 Å². The van der Waals surface area contributed by atoms with E-state index in [2.05, 4.69) is 11.7 Å². The molecule has 1 heterocycles. The average Bonchev–Trinajstić information content (AvgIpc) is 2.93. The van der Waals surface area contributed by atoms with Gasteiger partial charge in [0, 0.05) is 13.1 Å². The Morgan fingerprint density at radius 3 is 1.73 bits per heavy atom. The van der Waals surface area contributed by atoms with Gasteiger partial charge >= 0.3 is 5.69 Å². The lowest BCUT2D eigenvalue weighted by Gasteiger charge is -2.14. The van der Waals surface area contributed by atoms with E-state index in [1.807, 2.05) is 88.4 Å². The summed E-state index contributed by atoms with van der Waals surface area (Å²) in [5, 5.41) is 0. The van der Waals surface area contributed by atoms with Crippen LogP contribution in [-0.2, 0) is 13.1 Å². The van der Waals surface area contributed by atoms with E-state index in [9.17, 15) is 9.59 Å². The molecule has 3 rings (SSSR count). The summed E-state index contributed by atoms with van der Waals surface area (Å²) < 4.78 is 13.3. The molecule has 0 bridgehead atoms. The van der Waals surface area contributed by atoms with Gasteiger partial charge in [-0.15, -0.1) is 0 Å². The van der Waals surface area contributed by atoms with E-state index in [1.165, 1.54) is 10.6 Å². The second-order valence-corrected chi connectivity index (χ2v) is 7.74. The van der Waals surface area contributed by atoms with Gasteiger partial charge in [-0.25, -0.2) is 4.79 Å². The van der Waals surface area contributed by atoms with Gasteiger partial charge in [-0.3, -0.25) is 13.9 Å². The molecule has 2 aromatic carbocycles. The Balaban J connectivity index is 0.00000127. The molecule has 0 aliphatic rings. The predicted octanol–water partition coefficient (Wildman–Crippen LogP) is 5.45. The molecular weight excluding hydrogens is 466 g/mol. The average molecular weight is 506 g/mol. The Kier molecular flexibility index (Phi) is 13.8. The fourth-order valence-corrected chi connectivity index (χ4v) is 3.22. The van der Waals surface area contributed by atoms with Crippen molar-refractivity contribution in [2.24, 2.45) is 4.99 Å². The van der Waals surface area contributed by atoms with E-state index in [-0.39, 0.29) is 17.8 Å². The van der Waals surface area contributed by atoms with E-state index < -0.39 is 0 Å². The van der Waals surface area contributed by atoms with Crippen molar-refractivity contribution in [1.82, 2.24) is 9.13 Å². The number of methoxy groups -OCH3 is 2. The molecule has 3 aromatic rings. The minimum Gasteiger partial charge on any atom is -0.497 e. The van der Waals surface area contributed by atoms with Crippen molar-refractivity contribution in [2.45, 2.75) is 40.8 Å². The summed E-state index contributed by atoms with van der Waals surface area (Å²) in [5.41, 5.74) is 2.67. The van der Waals surface area contributed by atoms with Crippen LogP contribution in [0, 0.1) is 0 Å². The molecule has 7 heteroatoms. The summed E-state index contributed by atoms with van der Waals surface area (Å²) in [6, 6.07) is 16.4. The zero-order chi connectivity index (χ0) is 27.8. The molecule has 0 radical (unpaired) electrons. The number of hydrogen-bond donors (Lipinski definition) is 0. The van der Waals surface area contributed by atoms with Gasteiger partial charge in [-0.1, -0.05) is 55.8 Å². The molecule has 0 unspecified atom stereocenters. The minimum absolute atomic E-state index is 0.183. The number of hydrogen-bond acceptors (Lipinski definition) is 5. The molecule has 7 nitrogen and oxygen atoms in total. The van der Waals surface area contributed by atoms with Crippen LogP contribution in [0.4, 0.5) is 0 Å². The predicted molar refractivity (Wildman–Crippen MR) is 154 cm³/mol. The van der Waals surface area contributed by atoms with Gasteiger partial charge < -0.3 is 14.5 Å². The number of allylic oxidation sites excluding steroid dienone is 3. The second kappa shape index (κ2) is 16.5. The summed E-state index contributed by atoms with van der Waals surface area (Å²) in [5.74, 6) is 1.47. The highest BCUT2D eigenvalue weighted by molar-refractivity contribution is 5.49. The highest BCUT2D eigenvalue weighted by Crippen LogP contribution is 2.14. The lowest BCUT2D eigenvalue weighted by molar-refractivity contribution is 0.414. The third-order valence-corrected chi connectivity index (χ3v) is 5.28. The Morgan fingerprint density at radius 1 is 0.892 bits per heavy atom. The first-order valence-corrected chi connectivity index (χ1v) is 12.1. The first-order valence-electron chi connectivity index (χ1n) is 12.1. The van der Waals surface area contributed by atoms with Gasteiger partial charge in [0.15, 0.2) is 0 Å². The Morgan fingerprint density at radius 2 is 1.32 bits per heavy atom. The maximum Gasteiger partial charge on any atom is 0.332 e. The standard InChI is InChI=1S/C26H28N2O4.C2H5N.C2H6/c1-5-19(2)6-11-22-16-25(29)28(18-21-9-14-24(32-4)15-10-21)26(30)27(22)17-20-7-12-23(31-3)13-8-20;1-3-2;1-2/h5-16H,17-18H2,1-4H3;1H2,2H3;1-2H3/b11-6-,19-5+;;. The van der Waals surface area contributed by atoms with E-state index in [1.54, 1.807) is 31.9 Å². The molecular formula is C30H39N3O4. The van der Waals surface area contributed by atoms with Crippen molar-refractivity contribution < 1.29 is 9.47 Å². The van der Waals surface area contributed by atoms with Crippen molar-refractivity contribution in [3.63, 3.8) is 0 Å². The van der Waals surface area contributed by atoms with Crippen LogP contribution in [-0.4, -0.2) is 37.1 Å². The summed E-state index contributed by atoms with van der Waals surface area (Å²) in [6.45, 7) is 11.5. The normalized spacial score (nSPS) is 10.6. The minimum atomic E-state index is -0.359. The van der Waals surface area contributed by atoms with Crippen molar-refractivity contribution in [2.75, 3.05) is 21.3 Å². The third-order valence-electron chi connectivity index (χ3n) is 5.28. The van der Waals surface area contributed by atoms with Gasteiger partial charge in [0.25, 0.3) is 5.56 Å². The smallest absolute Gasteiger partial charge is 0.332 e. The van der Waals surface area contributed by atoms with Crippen molar-refractivity contribution in [1.29, 1.82) is 0 Å². The van der Waals surface area contributed by atoms with Crippen LogP contribution in [0.1, 0.15) is 44.5 Å². The van der Waals surface area contributed by atoms with Crippen LogP contribution in [0.3, 0.4) is 0 Å². The first-order chi connectivity index (χ1) is 17.9. The van der Waals surface area contributed by atoms with Gasteiger partial charge in [-0.05, 0) is 62.0 Å². The highest BCUT2D eigenvalue weighted by Gasteiger charge is 2.12. The lowest BCUT2D eigenvalue weighted by atomic mass is 10.2. The molecule has 0 aliphatic heterocycles. The quantitative estimate of drug-likeness (QED) is 0.302. The zero-order valence-corrected chi connectivity index (χ0v) is 23.0. The Hall–Kier alpha value is -4.13. The summed E-state index contributed by atoms with van der Waals surface area (Å²) in [7, 11) is 4.85. The fourth-order valence-electron chi connectivity index (χ4n) is 3.22. The molecule has 0 N–H and O–H groups in total. The first kappa shape index (κ1) is 30.9. The van der Waals surface area contributed by atoms with Crippen LogP contribution in [0.25, 0.3) is 6.08 Å². The van der Waals surface area contributed by atoms with Gasteiger partial charge in [-0.2, -0.15) is 0 Å². The van der Waals surface area contributed by atoms with E-state index in [0.717, 1.165) is 28.2 Å². The number of benzene rings is 2. The highest BCUT2D eigenvalue weighted by atomic mass is 16.5. The topological polar surface area (TPSA) is 74.8 Å². The summed E-state index contributed by atoms with van der Waals surface area (Å²) >= 11 is 0. The summed E-state index contributed by atoms with van der Waals surface area (Å²) in [6.07, 6.45) is 5.67. The van der Waals surface area contributed by atoms with Crippen LogP contribution in [0.5, 0.6) is 11.5 Å². The largest absolute Gasteiger partial charge is 0.497 e. The molecule has 0 fully saturated rings.